The van der Waals surface area contributed by atoms with Crippen molar-refractivity contribution < 1.29 is 9.59 Å². The molecule has 0 spiro atoms. The van der Waals surface area contributed by atoms with Gasteiger partial charge in [-0.05, 0) is 30.5 Å². The zero-order chi connectivity index (χ0) is 18.4. The van der Waals surface area contributed by atoms with Crippen LogP contribution in [-0.4, -0.2) is 41.3 Å². The molecular formula is C20H24N4O2. The highest BCUT2D eigenvalue weighted by molar-refractivity contribution is 5.80. The first-order chi connectivity index (χ1) is 12.6. The number of nitrogens with two attached hydrogens (primary N) is 1. The molecule has 2 aromatic rings. The molecule has 0 radical (unpaired) electrons. The van der Waals surface area contributed by atoms with Crippen LogP contribution >= 0.6 is 0 Å². The van der Waals surface area contributed by atoms with E-state index in [1.54, 1.807) is 11.1 Å². The molecule has 1 atom stereocenters. The molecular weight excluding hydrogens is 328 g/mol. The predicted octanol–water partition coefficient (Wildman–Crippen LogP) is 1.48. The van der Waals surface area contributed by atoms with Crippen LogP contribution in [0.5, 0.6) is 0 Å². The second-order valence-electron chi connectivity index (χ2n) is 6.54. The van der Waals surface area contributed by atoms with E-state index in [2.05, 4.69) is 10.3 Å². The minimum Gasteiger partial charge on any atom is -0.369 e. The third-order valence-corrected chi connectivity index (χ3v) is 4.82. The quantitative estimate of drug-likeness (QED) is 0.824. The highest BCUT2D eigenvalue weighted by Gasteiger charge is 2.26. The van der Waals surface area contributed by atoms with Crippen LogP contribution < -0.4 is 11.1 Å². The predicted molar refractivity (Wildman–Crippen MR) is 99.0 cm³/mol. The molecule has 1 aromatic carbocycles. The average Bonchev–Trinajstić information content (AvgIpc) is 2.69. The smallest absolute Gasteiger partial charge is 0.236 e. The number of hydrogen-bond acceptors (Lipinski definition) is 4. The Morgan fingerprint density at radius 1 is 1.12 bits per heavy atom. The van der Waals surface area contributed by atoms with Gasteiger partial charge >= 0.3 is 0 Å². The minimum atomic E-state index is -0.269. The molecule has 0 bridgehead atoms. The number of amides is 2. The van der Waals surface area contributed by atoms with Crippen molar-refractivity contribution in [2.75, 3.05) is 19.6 Å². The van der Waals surface area contributed by atoms with E-state index in [1.807, 2.05) is 48.5 Å². The van der Waals surface area contributed by atoms with Gasteiger partial charge in [0.25, 0.3) is 0 Å². The Kier molecular flexibility index (Phi) is 5.96. The number of nitrogens with zero attached hydrogens (tertiary/aromatic N) is 2. The van der Waals surface area contributed by atoms with Crippen LogP contribution in [0.2, 0.25) is 0 Å². The molecule has 6 nitrogen and oxygen atoms in total. The van der Waals surface area contributed by atoms with Crippen molar-refractivity contribution in [1.82, 2.24) is 15.2 Å². The van der Waals surface area contributed by atoms with Gasteiger partial charge in [0, 0.05) is 25.2 Å². The molecule has 2 amide bonds. The third kappa shape index (κ3) is 4.46. The van der Waals surface area contributed by atoms with Crippen LogP contribution in [0.3, 0.4) is 0 Å². The number of carbonyl (C=O) groups excluding carboxylic acids is 2. The first kappa shape index (κ1) is 18.1. The topological polar surface area (TPSA) is 88.3 Å². The summed E-state index contributed by atoms with van der Waals surface area (Å²) in [4.78, 5) is 30.1. The van der Waals surface area contributed by atoms with E-state index in [9.17, 15) is 9.59 Å². The highest BCUT2D eigenvalue weighted by atomic mass is 16.2. The molecule has 26 heavy (non-hydrogen) atoms. The Morgan fingerprint density at radius 3 is 2.42 bits per heavy atom. The molecule has 0 saturated carbocycles. The molecule has 1 aromatic heterocycles. The molecule has 136 valence electrons. The van der Waals surface area contributed by atoms with Crippen LogP contribution in [0.15, 0.2) is 54.7 Å². The number of aromatic nitrogens is 1. The lowest BCUT2D eigenvalue weighted by Crippen LogP contribution is -2.45. The lowest BCUT2D eigenvalue weighted by molar-refractivity contribution is -0.134. The van der Waals surface area contributed by atoms with Crippen molar-refractivity contribution in [2.24, 2.45) is 11.7 Å². The Bertz CT molecular complexity index is 688. The Labute approximate surface area is 153 Å². The molecule has 1 saturated heterocycles. The second kappa shape index (κ2) is 8.58. The normalized spacial score (nSPS) is 16.2. The molecule has 1 aliphatic rings. The summed E-state index contributed by atoms with van der Waals surface area (Å²) < 4.78 is 0. The van der Waals surface area contributed by atoms with Crippen molar-refractivity contribution in [3.63, 3.8) is 0 Å². The van der Waals surface area contributed by atoms with Crippen LogP contribution in [0.1, 0.15) is 30.1 Å². The summed E-state index contributed by atoms with van der Waals surface area (Å²) in [7, 11) is 0. The fourth-order valence-electron chi connectivity index (χ4n) is 3.30. The molecule has 2 heterocycles. The van der Waals surface area contributed by atoms with Gasteiger partial charge in [0.2, 0.25) is 11.8 Å². The number of benzene rings is 1. The van der Waals surface area contributed by atoms with Crippen LogP contribution in [-0.2, 0) is 9.59 Å². The number of rotatable bonds is 6. The summed E-state index contributed by atoms with van der Waals surface area (Å²) in [6.07, 6.45) is 3.04. The van der Waals surface area contributed by atoms with Crippen LogP contribution in [0.4, 0.5) is 0 Å². The Hall–Kier alpha value is -2.73. The van der Waals surface area contributed by atoms with Gasteiger partial charge in [-0.15, -0.1) is 0 Å². The van der Waals surface area contributed by atoms with Crippen molar-refractivity contribution in [3.8, 4) is 0 Å². The molecule has 1 unspecified atom stereocenters. The number of pyridine rings is 1. The number of nitrogens with one attached hydrogen (secondary N) is 1. The SMILES string of the molecule is NC(=O)C1CCN(C(=O)CNC(c2ccccc2)c2ccccn2)CC1. The van der Waals surface area contributed by atoms with E-state index in [-0.39, 0.29) is 30.3 Å². The maximum atomic E-state index is 12.6. The Balaban J connectivity index is 1.63. The zero-order valence-corrected chi connectivity index (χ0v) is 14.7. The molecule has 1 aliphatic heterocycles. The van der Waals surface area contributed by atoms with Gasteiger partial charge in [0.05, 0.1) is 18.3 Å². The molecule has 6 heteroatoms. The standard InChI is InChI=1S/C20H24N4O2/c21-20(26)16-9-12-24(13-10-16)18(25)14-23-19(15-6-2-1-3-7-15)17-8-4-5-11-22-17/h1-8,11,16,19,23H,9-10,12-14H2,(H2,21,26). The van der Waals surface area contributed by atoms with E-state index in [4.69, 9.17) is 5.73 Å². The monoisotopic (exact) mass is 352 g/mol. The largest absolute Gasteiger partial charge is 0.369 e. The van der Waals surface area contributed by atoms with E-state index in [1.165, 1.54) is 0 Å². The van der Waals surface area contributed by atoms with E-state index < -0.39 is 0 Å². The maximum absolute atomic E-state index is 12.6. The molecule has 1 fully saturated rings. The van der Waals surface area contributed by atoms with E-state index >= 15 is 0 Å². The number of piperidine rings is 1. The zero-order valence-electron chi connectivity index (χ0n) is 14.7. The van der Waals surface area contributed by atoms with Crippen molar-refractivity contribution in [3.05, 3.63) is 66.0 Å². The van der Waals surface area contributed by atoms with Gasteiger partial charge in [-0.25, -0.2) is 0 Å². The first-order valence-electron chi connectivity index (χ1n) is 8.91. The second-order valence-corrected chi connectivity index (χ2v) is 6.54. The molecule has 0 aliphatic carbocycles. The van der Waals surface area contributed by atoms with Crippen LogP contribution in [0, 0.1) is 5.92 Å². The summed E-state index contributed by atoms with van der Waals surface area (Å²) in [6.45, 7) is 1.37. The fourth-order valence-corrected chi connectivity index (χ4v) is 3.30. The van der Waals surface area contributed by atoms with Gasteiger partial charge < -0.3 is 10.6 Å². The lowest BCUT2D eigenvalue weighted by Gasteiger charge is -2.31. The first-order valence-corrected chi connectivity index (χ1v) is 8.91. The van der Waals surface area contributed by atoms with Gasteiger partial charge in [-0.3, -0.25) is 19.9 Å². The van der Waals surface area contributed by atoms with Crippen molar-refractivity contribution in [1.29, 1.82) is 0 Å². The minimum absolute atomic E-state index is 0.0322. The fraction of sp³-hybridized carbons (Fsp3) is 0.350. The maximum Gasteiger partial charge on any atom is 0.236 e. The summed E-state index contributed by atoms with van der Waals surface area (Å²) in [5, 5.41) is 3.34. The number of likely N-dealkylation sites (tertiary alicyclic amines) is 1. The van der Waals surface area contributed by atoms with Gasteiger partial charge in [0.1, 0.15) is 0 Å². The molecule has 3 rings (SSSR count). The van der Waals surface area contributed by atoms with Gasteiger partial charge in [-0.1, -0.05) is 36.4 Å². The number of primary amides is 1. The molecule has 3 N–H and O–H groups in total. The van der Waals surface area contributed by atoms with E-state index in [0.717, 1.165) is 11.3 Å². The summed E-state index contributed by atoms with van der Waals surface area (Å²) in [6, 6.07) is 15.6. The van der Waals surface area contributed by atoms with Gasteiger partial charge in [0.15, 0.2) is 0 Å². The van der Waals surface area contributed by atoms with E-state index in [0.29, 0.717) is 25.9 Å². The van der Waals surface area contributed by atoms with Gasteiger partial charge in [-0.2, -0.15) is 0 Å². The number of hydrogen-bond donors (Lipinski definition) is 2. The number of carbonyl (C=O) groups is 2. The summed E-state index contributed by atoms with van der Waals surface area (Å²) in [5.74, 6) is -0.350. The lowest BCUT2D eigenvalue weighted by atomic mass is 9.96. The summed E-state index contributed by atoms with van der Waals surface area (Å²) in [5.41, 5.74) is 7.29. The van der Waals surface area contributed by atoms with Crippen molar-refractivity contribution in [2.45, 2.75) is 18.9 Å². The highest BCUT2D eigenvalue weighted by Crippen LogP contribution is 2.20. The summed E-state index contributed by atoms with van der Waals surface area (Å²) >= 11 is 0. The van der Waals surface area contributed by atoms with Crippen molar-refractivity contribution >= 4 is 11.8 Å². The van der Waals surface area contributed by atoms with Crippen LogP contribution in [0.25, 0.3) is 0 Å². The third-order valence-electron chi connectivity index (χ3n) is 4.82. The Morgan fingerprint density at radius 2 is 1.81 bits per heavy atom. The average molecular weight is 352 g/mol.